The van der Waals surface area contributed by atoms with Crippen LogP contribution in [0, 0.1) is 0 Å². The fourth-order valence-corrected chi connectivity index (χ4v) is 2.40. The van der Waals surface area contributed by atoms with Crippen molar-refractivity contribution < 1.29 is 9.53 Å². The van der Waals surface area contributed by atoms with E-state index < -0.39 is 5.91 Å². The van der Waals surface area contributed by atoms with Gasteiger partial charge in [-0.1, -0.05) is 12.1 Å². The lowest BCUT2D eigenvalue weighted by Crippen LogP contribution is -2.44. The predicted octanol–water partition coefficient (Wildman–Crippen LogP) is -0.217. The molecule has 7 heteroatoms. The SMILES string of the molecule is CN=C(NCCN1CCOCC1)NCc1cccc(C(N)=O)c1. The number of ether oxygens (including phenoxy) is 1. The van der Waals surface area contributed by atoms with Crippen LogP contribution in [0.15, 0.2) is 29.3 Å². The maximum absolute atomic E-state index is 11.2. The van der Waals surface area contributed by atoms with Crippen molar-refractivity contribution in [3.05, 3.63) is 35.4 Å². The van der Waals surface area contributed by atoms with Gasteiger partial charge in [0.1, 0.15) is 0 Å². The Labute approximate surface area is 136 Å². The summed E-state index contributed by atoms with van der Waals surface area (Å²) < 4.78 is 5.33. The molecular weight excluding hydrogens is 294 g/mol. The Balaban J connectivity index is 1.74. The van der Waals surface area contributed by atoms with Crippen LogP contribution in [0.4, 0.5) is 0 Å². The molecule has 1 amide bonds. The molecule has 0 bridgehead atoms. The first-order chi connectivity index (χ1) is 11.2. The zero-order chi connectivity index (χ0) is 16.5. The monoisotopic (exact) mass is 319 g/mol. The zero-order valence-corrected chi connectivity index (χ0v) is 13.5. The van der Waals surface area contributed by atoms with E-state index in [0.717, 1.165) is 50.9 Å². The van der Waals surface area contributed by atoms with Crippen LogP contribution >= 0.6 is 0 Å². The second-order valence-corrected chi connectivity index (χ2v) is 5.37. The van der Waals surface area contributed by atoms with Gasteiger partial charge in [-0.3, -0.25) is 14.7 Å². The molecule has 1 heterocycles. The largest absolute Gasteiger partial charge is 0.379 e. The number of primary amides is 1. The molecule has 0 spiro atoms. The summed E-state index contributed by atoms with van der Waals surface area (Å²) in [6, 6.07) is 7.27. The van der Waals surface area contributed by atoms with Gasteiger partial charge >= 0.3 is 0 Å². The van der Waals surface area contributed by atoms with Gasteiger partial charge in [-0.2, -0.15) is 0 Å². The standard InChI is InChI=1S/C16H25N5O2/c1-18-16(19-5-6-21-7-9-23-10-8-21)20-12-13-3-2-4-14(11-13)15(17)22/h2-4,11H,5-10,12H2,1H3,(H2,17,22)(H2,18,19,20). The van der Waals surface area contributed by atoms with Crippen LogP contribution in [-0.2, 0) is 11.3 Å². The Hall–Kier alpha value is -2.12. The minimum Gasteiger partial charge on any atom is -0.379 e. The third-order valence-electron chi connectivity index (χ3n) is 3.72. The van der Waals surface area contributed by atoms with E-state index in [-0.39, 0.29) is 0 Å². The van der Waals surface area contributed by atoms with E-state index in [0.29, 0.717) is 12.1 Å². The second-order valence-electron chi connectivity index (χ2n) is 5.37. The molecule has 4 N–H and O–H groups in total. The predicted molar refractivity (Wildman–Crippen MR) is 90.4 cm³/mol. The second kappa shape index (κ2) is 9.12. The van der Waals surface area contributed by atoms with E-state index in [9.17, 15) is 4.79 Å². The van der Waals surface area contributed by atoms with Crippen LogP contribution in [0.25, 0.3) is 0 Å². The molecule has 1 saturated heterocycles. The Bertz CT molecular complexity index is 541. The number of aliphatic imine (C=N–C) groups is 1. The molecule has 0 radical (unpaired) electrons. The summed E-state index contributed by atoms with van der Waals surface area (Å²) in [4.78, 5) is 17.8. The molecule has 0 aromatic heterocycles. The molecule has 1 aliphatic rings. The Kier molecular flexibility index (Phi) is 6.83. The molecule has 2 rings (SSSR count). The number of nitrogens with zero attached hydrogens (tertiary/aromatic N) is 2. The third kappa shape index (κ3) is 5.88. The molecule has 1 fully saturated rings. The minimum absolute atomic E-state index is 0.417. The molecule has 0 atom stereocenters. The minimum atomic E-state index is -0.417. The average Bonchev–Trinajstić information content (AvgIpc) is 2.59. The molecule has 1 aliphatic heterocycles. The molecule has 7 nitrogen and oxygen atoms in total. The van der Waals surface area contributed by atoms with Crippen molar-refractivity contribution in [1.29, 1.82) is 0 Å². The summed E-state index contributed by atoms with van der Waals surface area (Å²) in [5, 5.41) is 6.52. The van der Waals surface area contributed by atoms with Gasteiger partial charge in [0.25, 0.3) is 0 Å². The topological polar surface area (TPSA) is 92.0 Å². The lowest BCUT2D eigenvalue weighted by molar-refractivity contribution is 0.0389. The first-order valence-corrected chi connectivity index (χ1v) is 7.82. The Morgan fingerprint density at radius 3 is 2.83 bits per heavy atom. The van der Waals surface area contributed by atoms with E-state index in [4.69, 9.17) is 10.5 Å². The highest BCUT2D eigenvalue weighted by molar-refractivity contribution is 5.92. The Morgan fingerprint density at radius 2 is 2.13 bits per heavy atom. The van der Waals surface area contributed by atoms with Crippen molar-refractivity contribution >= 4 is 11.9 Å². The van der Waals surface area contributed by atoms with Gasteiger partial charge in [0.15, 0.2) is 5.96 Å². The van der Waals surface area contributed by atoms with Crippen molar-refractivity contribution in [2.45, 2.75) is 6.54 Å². The first kappa shape index (κ1) is 17.2. The third-order valence-corrected chi connectivity index (χ3v) is 3.72. The van der Waals surface area contributed by atoms with Crippen LogP contribution in [0.2, 0.25) is 0 Å². The maximum Gasteiger partial charge on any atom is 0.248 e. The van der Waals surface area contributed by atoms with Crippen LogP contribution in [-0.4, -0.2) is 63.2 Å². The van der Waals surface area contributed by atoms with Crippen molar-refractivity contribution in [3.63, 3.8) is 0 Å². The van der Waals surface area contributed by atoms with Gasteiger partial charge in [0.2, 0.25) is 5.91 Å². The fourth-order valence-electron chi connectivity index (χ4n) is 2.40. The van der Waals surface area contributed by atoms with E-state index in [1.165, 1.54) is 0 Å². The van der Waals surface area contributed by atoms with Crippen molar-refractivity contribution in [3.8, 4) is 0 Å². The van der Waals surface area contributed by atoms with Crippen LogP contribution < -0.4 is 16.4 Å². The molecule has 0 unspecified atom stereocenters. The van der Waals surface area contributed by atoms with Crippen LogP contribution in [0.3, 0.4) is 0 Å². The Morgan fingerprint density at radius 1 is 1.35 bits per heavy atom. The van der Waals surface area contributed by atoms with Crippen molar-refractivity contribution in [2.24, 2.45) is 10.7 Å². The highest BCUT2D eigenvalue weighted by Gasteiger charge is 2.09. The molecule has 1 aromatic carbocycles. The average molecular weight is 319 g/mol. The van der Waals surface area contributed by atoms with E-state index in [2.05, 4.69) is 20.5 Å². The summed E-state index contributed by atoms with van der Waals surface area (Å²) in [6.45, 7) is 5.94. The fraction of sp³-hybridized carbons (Fsp3) is 0.500. The highest BCUT2D eigenvalue weighted by Crippen LogP contribution is 2.04. The number of rotatable bonds is 6. The molecule has 0 aliphatic carbocycles. The number of carbonyl (C=O) groups is 1. The molecule has 1 aromatic rings. The first-order valence-electron chi connectivity index (χ1n) is 7.82. The molecule has 0 saturated carbocycles. The lowest BCUT2D eigenvalue weighted by atomic mass is 10.1. The number of hydrogen-bond acceptors (Lipinski definition) is 4. The van der Waals surface area contributed by atoms with Gasteiger partial charge in [0, 0.05) is 45.3 Å². The highest BCUT2D eigenvalue weighted by atomic mass is 16.5. The molecule has 126 valence electrons. The maximum atomic E-state index is 11.2. The van der Waals surface area contributed by atoms with Crippen molar-refractivity contribution in [2.75, 3.05) is 46.4 Å². The van der Waals surface area contributed by atoms with Gasteiger partial charge in [0.05, 0.1) is 13.2 Å². The van der Waals surface area contributed by atoms with Crippen LogP contribution in [0.1, 0.15) is 15.9 Å². The smallest absolute Gasteiger partial charge is 0.248 e. The van der Waals surface area contributed by atoms with Gasteiger partial charge < -0.3 is 21.1 Å². The normalized spacial score (nSPS) is 16.1. The number of amides is 1. The summed E-state index contributed by atoms with van der Waals surface area (Å²) in [6.07, 6.45) is 0. The number of nitrogens with one attached hydrogen (secondary N) is 2. The van der Waals surface area contributed by atoms with Gasteiger partial charge in [-0.15, -0.1) is 0 Å². The zero-order valence-electron chi connectivity index (χ0n) is 13.5. The lowest BCUT2D eigenvalue weighted by Gasteiger charge is -2.26. The molecular formula is C16H25N5O2. The molecule has 23 heavy (non-hydrogen) atoms. The quantitative estimate of drug-likeness (QED) is 0.498. The number of benzene rings is 1. The van der Waals surface area contributed by atoms with Crippen molar-refractivity contribution in [1.82, 2.24) is 15.5 Å². The number of guanidine groups is 1. The van der Waals surface area contributed by atoms with Gasteiger partial charge in [-0.25, -0.2) is 0 Å². The van der Waals surface area contributed by atoms with E-state index in [1.807, 2.05) is 12.1 Å². The summed E-state index contributed by atoms with van der Waals surface area (Å²) >= 11 is 0. The summed E-state index contributed by atoms with van der Waals surface area (Å²) in [7, 11) is 1.74. The summed E-state index contributed by atoms with van der Waals surface area (Å²) in [5.74, 6) is 0.322. The van der Waals surface area contributed by atoms with E-state index >= 15 is 0 Å². The number of morpholine rings is 1. The van der Waals surface area contributed by atoms with Crippen LogP contribution in [0.5, 0.6) is 0 Å². The summed E-state index contributed by atoms with van der Waals surface area (Å²) in [5.41, 5.74) is 6.79. The van der Waals surface area contributed by atoms with Gasteiger partial charge in [-0.05, 0) is 17.7 Å². The number of hydrogen-bond donors (Lipinski definition) is 3. The number of carbonyl (C=O) groups excluding carboxylic acids is 1. The number of nitrogens with two attached hydrogens (primary N) is 1. The van der Waals surface area contributed by atoms with E-state index in [1.54, 1.807) is 19.2 Å².